The first-order chi connectivity index (χ1) is 9.86. The number of aryl methyl sites for hydroxylation is 1. The number of carboxylic acids is 1. The number of carboxylic acid groups (broad SMARTS) is 1. The van der Waals surface area contributed by atoms with E-state index in [1.807, 2.05) is 4.98 Å². The van der Waals surface area contributed by atoms with E-state index in [2.05, 4.69) is 10.3 Å². The third-order valence-corrected chi connectivity index (χ3v) is 2.66. The van der Waals surface area contributed by atoms with Gasteiger partial charge in [-0.05, 0) is 19.1 Å². The molecule has 2 rings (SSSR count). The predicted octanol–water partition coefficient (Wildman–Crippen LogP) is 0.322. The molecule has 1 aromatic carbocycles. The van der Waals surface area contributed by atoms with Crippen molar-refractivity contribution in [2.24, 2.45) is 0 Å². The zero-order valence-electron chi connectivity index (χ0n) is 10.9. The second-order valence-corrected chi connectivity index (χ2v) is 4.31. The number of carbonyl (C=O) groups excluding carboxylic acids is 1. The van der Waals surface area contributed by atoms with E-state index in [9.17, 15) is 19.2 Å². The lowest BCUT2D eigenvalue weighted by atomic mass is 10.1. The topological polar surface area (TPSA) is 132 Å². The molecule has 0 aliphatic heterocycles. The van der Waals surface area contributed by atoms with Gasteiger partial charge in [0.05, 0.1) is 11.3 Å². The minimum Gasteiger partial charge on any atom is -0.478 e. The highest BCUT2D eigenvalue weighted by Gasteiger charge is 2.14. The van der Waals surface area contributed by atoms with Crippen molar-refractivity contribution in [3.63, 3.8) is 0 Å². The summed E-state index contributed by atoms with van der Waals surface area (Å²) in [6.07, 6.45) is 0. The predicted molar refractivity (Wildman–Crippen MR) is 73.8 cm³/mol. The van der Waals surface area contributed by atoms with E-state index in [1.54, 1.807) is 13.0 Å². The van der Waals surface area contributed by atoms with Crippen LogP contribution in [0.4, 0.5) is 5.69 Å². The van der Waals surface area contributed by atoms with Crippen LogP contribution in [0.15, 0.2) is 33.9 Å². The molecule has 1 amide bonds. The highest BCUT2D eigenvalue weighted by molar-refractivity contribution is 6.06. The van der Waals surface area contributed by atoms with Gasteiger partial charge < -0.3 is 15.4 Å². The summed E-state index contributed by atoms with van der Waals surface area (Å²) in [7, 11) is 0. The fourth-order valence-electron chi connectivity index (χ4n) is 1.72. The van der Waals surface area contributed by atoms with E-state index >= 15 is 0 Å². The zero-order valence-corrected chi connectivity index (χ0v) is 10.9. The van der Waals surface area contributed by atoms with Crippen molar-refractivity contribution in [1.82, 2.24) is 9.97 Å². The van der Waals surface area contributed by atoms with Crippen molar-refractivity contribution in [1.29, 1.82) is 0 Å². The minimum atomic E-state index is -1.20. The Hall–Kier alpha value is -3.16. The molecule has 21 heavy (non-hydrogen) atoms. The monoisotopic (exact) mass is 289 g/mol. The SMILES string of the molecule is Cc1ccc(NC(=O)c2cc(=O)[nH]c(=O)[nH]2)c(C(=O)O)c1. The fourth-order valence-corrected chi connectivity index (χ4v) is 1.72. The standard InChI is InChI=1S/C13H11N3O5/c1-6-2-3-8(7(4-6)12(19)20)14-11(18)9-5-10(17)16-13(21)15-9/h2-5H,1H3,(H,14,18)(H,19,20)(H2,15,16,17,21). The lowest BCUT2D eigenvalue weighted by Crippen LogP contribution is -2.27. The highest BCUT2D eigenvalue weighted by atomic mass is 16.4. The van der Waals surface area contributed by atoms with Gasteiger partial charge in [-0.3, -0.25) is 14.6 Å². The van der Waals surface area contributed by atoms with Crippen LogP contribution in [0.2, 0.25) is 0 Å². The van der Waals surface area contributed by atoms with Gasteiger partial charge in [0, 0.05) is 6.07 Å². The molecule has 0 bridgehead atoms. The smallest absolute Gasteiger partial charge is 0.337 e. The molecule has 4 N–H and O–H groups in total. The molecule has 8 nitrogen and oxygen atoms in total. The Morgan fingerprint density at radius 2 is 1.86 bits per heavy atom. The molecule has 0 unspecified atom stereocenters. The Bertz CT molecular complexity index is 806. The molecule has 0 spiro atoms. The van der Waals surface area contributed by atoms with E-state index in [1.165, 1.54) is 12.1 Å². The van der Waals surface area contributed by atoms with Gasteiger partial charge in [-0.25, -0.2) is 9.59 Å². The summed E-state index contributed by atoms with van der Waals surface area (Å²) in [5.41, 5.74) is -1.12. The van der Waals surface area contributed by atoms with Crippen molar-refractivity contribution in [3.8, 4) is 0 Å². The Labute approximate surface area is 117 Å². The van der Waals surface area contributed by atoms with Crippen molar-refractivity contribution >= 4 is 17.6 Å². The van der Waals surface area contributed by atoms with Crippen LogP contribution in [0, 0.1) is 6.92 Å². The van der Waals surface area contributed by atoms with Crippen molar-refractivity contribution in [2.45, 2.75) is 6.92 Å². The average molecular weight is 289 g/mol. The number of H-pyrrole nitrogens is 2. The maximum Gasteiger partial charge on any atom is 0.337 e. The molecule has 0 saturated heterocycles. The first kappa shape index (κ1) is 14.3. The van der Waals surface area contributed by atoms with E-state index in [-0.39, 0.29) is 16.9 Å². The molecular formula is C13H11N3O5. The molecule has 1 aromatic heterocycles. The van der Waals surface area contributed by atoms with Crippen LogP contribution in [-0.2, 0) is 0 Å². The number of aromatic amines is 2. The molecule has 0 aliphatic carbocycles. The van der Waals surface area contributed by atoms with Gasteiger partial charge in [0.25, 0.3) is 11.5 Å². The number of anilines is 1. The highest BCUT2D eigenvalue weighted by Crippen LogP contribution is 2.17. The second kappa shape index (κ2) is 5.45. The number of nitrogens with one attached hydrogen (secondary N) is 3. The number of benzene rings is 1. The van der Waals surface area contributed by atoms with Crippen molar-refractivity contribution in [2.75, 3.05) is 5.32 Å². The molecule has 0 fully saturated rings. The lowest BCUT2D eigenvalue weighted by molar-refractivity contribution is 0.0698. The molecule has 2 aromatic rings. The van der Waals surface area contributed by atoms with E-state index in [0.717, 1.165) is 11.6 Å². The summed E-state index contributed by atoms with van der Waals surface area (Å²) >= 11 is 0. The summed E-state index contributed by atoms with van der Waals surface area (Å²) < 4.78 is 0. The van der Waals surface area contributed by atoms with Gasteiger partial charge in [0.15, 0.2) is 0 Å². The molecule has 0 aliphatic rings. The fraction of sp³-hybridized carbons (Fsp3) is 0.0769. The number of carbonyl (C=O) groups is 2. The Morgan fingerprint density at radius 1 is 1.14 bits per heavy atom. The lowest BCUT2D eigenvalue weighted by Gasteiger charge is -2.09. The Morgan fingerprint density at radius 3 is 2.48 bits per heavy atom. The van der Waals surface area contributed by atoms with Crippen LogP contribution in [0.25, 0.3) is 0 Å². The van der Waals surface area contributed by atoms with Crippen LogP contribution in [-0.4, -0.2) is 27.0 Å². The Kier molecular flexibility index (Phi) is 3.70. The maximum absolute atomic E-state index is 12.0. The number of hydrogen-bond acceptors (Lipinski definition) is 4. The van der Waals surface area contributed by atoms with E-state index in [4.69, 9.17) is 5.11 Å². The molecule has 8 heteroatoms. The first-order valence-electron chi connectivity index (χ1n) is 5.86. The number of hydrogen-bond donors (Lipinski definition) is 4. The third kappa shape index (κ3) is 3.24. The van der Waals surface area contributed by atoms with E-state index in [0.29, 0.717) is 0 Å². The number of aromatic nitrogens is 2. The van der Waals surface area contributed by atoms with Gasteiger partial charge in [0.1, 0.15) is 5.69 Å². The van der Waals surface area contributed by atoms with Crippen LogP contribution >= 0.6 is 0 Å². The summed E-state index contributed by atoms with van der Waals surface area (Å²) in [5.74, 6) is -1.99. The summed E-state index contributed by atoms with van der Waals surface area (Å²) in [4.78, 5) is 49.4. The van der Waals surface area contributed by atoms with Crippen molar-refractivity contribution < 1.29 is 14.7 Å². The van der Waals surface area contributed by atoms with Crippen LogP contribution in [0.3, 0.4) is 0 Å². The summed E-state index contributed by atoms with van der Waals surface area (Å²) in [6.45, 7) is 1.71. The molecule has 0 saturated carbocycles. The van der Waals surface area contributed by atoms with Crippen LogP contribution in [0.5, 0.6) is 0 Å². The normalized spacial score (nSPS) is 10.1. The van der Waals surface area contributed by atoms with Crippen LogP contribution < -0.4 is 16.6 Å². The number of rotatable bonds is 3. The average Bonchev–Trinajstić information content (AvgIpc) is 2.39. The Balaban J connectivity index is 2.38. The molecule has 0 atom stereocenters. The molecule has 1 heterocycles. The molecule has 0 radical (unpaired) electrons. The third-order valence-electron chi connectivity index (χ3n) is 2.66. The van der Waals surface area contributed by atoms with E-state index < -0.39 is 23.1 Å². The van der Waals surface area contributed by atoms with Gasteiger partial charge in [-0.1, -0.05) is 11.6 Å². The van der Waals surface area contributed by atoms with Crippen LogP contribution in [0.1, 0.15) is 26.4 Å². The minimum absolute atomic E-state index is 0.0687. The molecular weight excluding hydrogens is 278 g/mol. The number of amides is 1. The first-order valence-corrected chi connectivity index (χ1v) is 5.86. The summed E-state index contributed by atoms with van der Waals surface area (Å²) in [5, 5.41) is 11.4. The number of aromatic carboxylic acids is 1. The maximum atomic E-state index is 12.0. The van der Waals surface area contributed by atoms with Gasteiger partial charge in [-0.2, -0.15) is 0 Å². The quantitative estimate of drug-likeness (QED) is 0.646. The molecule has 108 valence electrons. The van der Waals surface area contributed by atoms with Gasteiger partial charge >= 0.3 is 11.7 Å². The van der Waals surface area contributed by atoms with Gasteiger partial charge in [-0.15, -0.1) is 0 Å². The second-order valence-electron chi connectivity index (χ2n) is 4.31. The summed E-state index contributed by atoms with van der Waals surface area (Å²) in [6, 6.07) is 5.37. The zero-order chi connectivity index (χ0) is 15.6. The van der Waals surface area contributed by atoms with Crippen molar-refractivity contribution in [3.05, 3.63) is 61.9 Å². The van der Waals surface area contributed by atoms with Gasteiger partial charge in [0.2, 0.25) is 0 Å². The largest absolute Gasteiger partial charge is 0.478 e.